The highest BCUT2D eigenvalue weighted by atomic mass is 35.5. The molecule has 0 radical (unpaired) electrons. The molecule has 2 rings (SSSR count). The lowest BCUT2D eigenvalue weighted by molar-refractivity contribution is -0.104. The Hall–Kier alpha value is -0.630. The van der Waals surface area contributed by atoms with Gasteiger partial charge in [0.05, 0.1) is 6.04 Å². The molecule has 1 aliphatic carbocycles. The van der Waals surface area contributed by atoms with Crippen LogP contribution in [-0.4, -0.2) is 18.5 Å². The van der Waals surface area contributed by atoms with Crippen LogP contribution in [0.3, 0.4) is 0 Å². The summed E-state index contributed by atoms with van der Waals surface area (Å²) >= 11 is 6.19. The zero-order chi connectivity index (χ0) is 9.97. The predicted molar refractivity (Wildman–Crippen MR) is 57.8 cm³/mol. The van der Waals surface area contributed by atoms with Gasteiger partial charge in [-0.05, 0) is 12.8 Å². The second-order valence-electron chi connectivity index (χ2n) is 4.01. The molecule has 1 heterocycles. The fourth-order valence-corrected chi connectivity index (χ4v) is 2.65. The molecule has 2 aliphatic rings. The quantitative estimate of drug-likeness (QED) is 0.614. The van der Waals surface area contributed by atoms with Gasteiger partial charge >= 0.3 is 0 Å². The van der Waals surface area contributed by atoms with Crippen LogP contribution >= 0.6 is 11.6 Å². The van der Waals surface area contributed by atoms with E-state index in [-0.39, 0.29) is 0 Å². The highest BCUT2D eigenvalue weighted by Gasteiger charge is 2.29. The lowest BCUT2D eigenvalue weighted by atomic mass is 9.91. The van der Waals surface area contributed by atoms with Crippen LogP contribution in [0.25, 0.3) is 0 Å². The summed E-state index contributed by atoms with van der Waals surface area (Å²) in [5.74, 6) is 0.310. The Labute approximate surface area is 89.0 Å². The number of nitrogens with zero attached hydrogens (tertiary/aromatic N) is 1. The van der Waals surface area contributed by atoms with Crippen molar-refractivity contribution in [3.8, 4) is 0 Å². The summed E-state index contributed by atoms with van der Waals surface area (Å²) in [6.07, 6.45) is 8.36. The fraction of sp³-hybridized carbons (Fsp3) is 0.636. The zero-order valence-corrected chi connectivity index (χ0v) is 8.83. The second kappa shape index (κ2) is 4.26. The molecule has 2 nitrogen and oxygen atoms in total. The Bertz CT molecular complexity index is 296. The van der Waals surface area contributed by atoms with Crippen LogP contribution in [0.2, 0.25) is 0 Å². The van der Waals surface area contributed by atoms with Crippen molar-refractivity contribution in [2.24, 2.45) is 10.9 Å². The second-order valence-corrected chi connectivity index (χ2v) is 4.42. The number of aldehydes is 1. The Kier molecular flexibility index (Phi) is 3.02. The average Bonchev–Trinajstić information content (AvgIpc) is 2.44. The summed E-state index contributed by atoms with van der Waals surface area (Å²) in [5.41, 5.74) is 0.579. The van der Waals surface area contributed by atoms with E-state index in [1.165, 1.54) is 19.3 Å². The van der Waals surface area contributed by atoms with Gasteiger partial charge < -0.3 is 0 Å². The van der Waals surface area contributed by atoms with E-state index in [0.29, 0.717) is 17.5 Å². The van der Waals surface area contributed by atoms with Gasteiger partial charge in [0, 0.05) is 22.7 Å². The van der Waals surface area contributed by atoms with Gasteiger partial charge in [0.1, 0.15) is 0 Å². The third kappa shape index (κ3) is 1.76. The van der Waals surface area contributed by atoms with Crippen LogP contribution in [-0.2, 0) is 4.79 Å². The van der Waals surface area contributed by atoms with Crippen LogP contribution in [0.1, 0.15) is 32.1 Å². The molecule has 0 N–H and O–H groups in total. The molecule has 1 aliphatic heterocycles. The molecule has 2 unspecified atom stereocenters. The summed E-state index contributed by atoms with van der Waals surface area (Å²) in [5, 5.41) is 0.738. The van der Waals surface area contributed by atoms with Crippen LogP contribution in [0.15, 0.2) is 15.6 Å². The minimum atomic E-state index is 0.310. The molecule has 1 saturated carbocycles. The topological polar surface area (TPSA) is 29.4 Å². The van der Waals surface area contributed by atoms with Gasteiger partial charge in [0.15, 0.2) is 6.29 Å². The first-order chi connectivity index (χ1) is 6.83. The van der Waals surface area contributed by atoms with Crippen molar-refractivity contribution in [1.82, 2.24) is 0 Å². The number of halogens is 1. The molecule has 0 aromatic carbocycles. The summed E-state index contributed by atoms with van der Waals surface area (Å²) in [6.45, 7) is 0. The number of carbonyl (C=O) groups excluding carboxylic acids is 1. The maximum atomic E-state index is 10.7. The molecule has 1 fully saturated rings. The fourth-order valence-electron chi connectivity index (χ4n) is 2.30. The number of allylic oxidation sites excluding steroid dienone is 1. The highest BCUT2D eigenvalue weighted by molar-refractivity contribution is 6.34. The Morgan fingerprint density at radius 1 is 1.36 bits per heavy atom. The van der Waals surface area contributed by atoms with Crippen LogP contribution in [0.4, 0.5) is 0 Å². The minimum absolute atomic E-state index is 0.310. The summed E-state index contributed by atoms with van der Waals surface area (Å²) in [4.78, 5) is 15.1. The lowest BCUT2D eigenvalue weighted by Crippen LogP contribution is -2.23. The summed E-state index contributed by atoms with van der Waals surface area (Å²) in [7, 11) is 0. The molecular weight excluding hydrogens is 198 g/mol. The number of dihydropyridines is 1. The van der Waals surface area contributed by atoms with E-state index in [1.54, 1.807) is 6.21 Å². The Morgan fingerprint density at radius 3 is 2.93 bits per heavy atom. The number of hydrogen-bond donors (Lipinski definition) is 0. The smallest absolute Gasteiger partial charge is 0.152 e. The van der Waals surface area contributed by atoms with Crippen LogP contribution < -0.4 is 0 Å². The maximum Gasteiger partial charge on any atom is 0.152 e. The van der Waals surface area contributed by atoms with Crippen molar-refractivity contribution in [2.45, 2.75) is 38.1 Å². The van der Waals surface area contributed by atoms with E-state index in [1.807, 2.05) is 0 Å². The van der Waals surface area contributed by atoms with Crippen LogP contribution in [0.5, 0.6) is 0 Å². The van der Waals surface area contributed by atoms with Gasteiger partial charge in [0.2, 0.25) is 0 Å². The van der Waals surface area contributed by atoms with Crippen molar-refractivity contribution in [3.63, 3.8) is 0 Å². The molecule has 0 amide bonds. The molecule has 0 spiro atoms. The first kappa shape index (κ1) is 9.91. The van der Waals surface area contributed by atoms with Gasteiger partial charge in [-0.2, -0.15) is 0 Å². The normalized spacial score (nSPS) is 32.4. The number of carbonyl (C=O) groups is 1. The number of hydrogen-bond acceptors (Lipinski definition) is 2. The summed E-state index contributed by atoms with van der Waals surface area (Å²) < 4.78 is 0. The molecular formula is C11H14ClNO. The third-order valence-corrected chi connectivity index (χ3v) is 3.61. The number of rotatable bonds is 1. The maximum absolute atomic E-state index is 10.7. The molecule has 0 saturated heterocycles. The number of fused-ring (bicyclic) bond motifs is 1. The minimum Gasteiger partial charge on any atom is -0.298 e. The van der Waals surface area contributed by atoms with Gasteiger partial charge in [-0.25, -0.2) is 0 Å². The lowest BCUT2D eigenvalue weighted by Gasteiger charge is -2.25. The Balaban J connectivity index is 2.25. The van der Waals surface area contributed by atoms with Crippen molar-refractivity contribution in [3.05, 3.63) is 10.6 Å². The molecule has 3 heteroatoms. The zero-order valence-electron chi connectivity index (χ0n) is 8.08. The SMILES string of the molecule is O=CC1=C(Cl)C2CCCCCC2N=C1. The summed E-state index contributed by atoms with van der Waals surface area (Å²) in [6, 6.07) is 0.327. The van der Waals surface area contributed by atoms with Crippen molar-refractivity contribution >= 4 is 24.1 Å². The van der Waals surface area contributed by atoms with E-state index in [4.69, 9.17) is 11.6 Å². The molecule has 2 atom stereocenters. The Morgan fingerprint density at radius 2 is 2.14 bits per heavy atom. The van der Waals surface area contributed by atoms with Crippen molar-refractivity contribution in [1.29, 1.82) is 0 Å². The third-order valence-electron chi connectivity index (χ3n) is 3.11. The first-order valence-corrected chi connectivity index (χ1v) is 5.58. The van der Waals surface area contributed by atoms with E-state index in [2.05, 4.69) is 4.99 Å². The monoisotopic (exact) mass is 211 g/mol. The van der Waals surface area contributed by atoms with E-state index < -0.39 is 0 Å². The van der Waals surface area contributed by atoms with Crippen molar-refractivity contribution < 1.29 is 4.79 Å². The molecule has 0 aromatic rings. The average molecular weight is 212 g/mol. The number of aliphatic imine (C=N–C) groups is 1. The molecule has 0 bridgehead atoms. The highest BCUT2D eigenvalue weighted by Crippen LogP contribution is 2.36. The largest absolute Gasteiger partial charge is 0.298 e. The van der Waals surface area contributed by atoms with E-state index >= 15 is 0 Å². The molecule has 0 aromatic heterocycles. The van der Waals surface area contributed by atoms with E-state index in [9.17, 15) is 4.79 Å². The van der Waals surface area contributed by atoms with Gasteiger partial charge in [-0.1, -0.05) is 30.9 Å². The van der Waals surface area contributed by atoms with Gasteiger partial charge in [0.25, 0.3) is 0 Å². The molecule has 76 valence electrons. The van der Waals surface area contributed by atoms with Crippen molar-refractivity contribution in [2.75, 3.05) is 0 Å². The predicted octanol–water partition coefficient (Wildman–Crippen LogP) is 2.71. The first-order valence-electron chi connectivity index (χ1n) is 5.21. The van der Waals surface area contributed by atoms with Gasteiger partial charge in [-0.15, -0.1) is 0 Å². The van der Waals surface area contributed by atoms with Crippen LogP contribution in [0, 0.1) is 5.92 Å². The standard InChI is InChI=1S/C11H14ClNO/c12-11-8(7-14)6-13-10-5-3-1-2-4-9(10)11/h6-7,9-10H,1-5H2. The van der Waals surface area contributed by atoms with E-state index in [0.717, 1.165) is 24.2 Å². The van der Waals surface area contributed by atoms with Gasteiger partial charge in [-0.3, -0.25) is 9.79 Å². The molecule has 14 heavy (non-hydrogen) atoms.